The maximum atomic E-state index is 5.97. The predicted octanol–water partition coefficient (Wildman–Crippen LogP) is 4.21. The van der Waals surface area contributed by atoms with E-state index in [-0.39, 0.29) is 0 Å². The zero-order chi connectivity index (χ0) is 17.2. The molecule has 1 aliphatic heterocycles. The number of benzene rings is 2. The molecule has 126 valence electrons. The molecule has 7 heteroatoms. The summed E-state index contributed by atoms with van der Waals surface area (Å²) in [6.07, 6.45) is 0. The van der Waals surface area contributed by atoms with Gasteiger partial charge in [-0.15, -0.1) is 10.2 Å². The van der Waals surface area contributed by atoms with Crippen LogP contribution in [0.4, 0.5) is 5.69 Å². The summed E-state index contributed by atoms with van der Waals surface area (Å²) in [4.78, 5) is 0. The monoisotopic (exact) mass is 369 g/mol. The Labute approximate surface area is 155 Å². The molecule has 1 N–H and O–H groups in total. The van der Waals surface area contributed by atoms with Gasteiger partial charge in [-0.2, -0.15) is 9.78 Å². The second kappa shape index (κ2) is 6.90. The molecule has 0 spiro atoms. The summed E-state index contributed by atoms with van der Waals surface area (Å²) in [5, 5.41) is 18.2. The highest BCUT2D eigenvalue weighted by Gasteiger charge is 2.19. The van der Waals surface area contributed by atoms with Gasteiger partial charge in [-0.25, -0.2) is 0 Å². The van der Waals surface area contributed by atoms with Crippen LogP contribution in [0.15, 0.2) is 58.8 Å². The van der Waals surface area contributed by atoms with Crippen LogP contribution in [0.25, 0.3) is 0 Å². The number of anilines is 1. The van der Waals surface area contributed by atoms with Crippen molar-refractivity contribution in [2.24, 2.45) is 5.10 Å². The molecular formula is C18H16ClN5S. The van der Waals surface area contributed by atoms with Crippen LogP contribution in [0.3, 0.4) is 0 Å². The highest BCUT2D eigenvalue weighted by Crippen LogP contribution is 2.25. The van der Waals surface area contributed by atoms with Gasteiger partial charge in [0.05, 0.1) is 12.3 Å². The topological polar surface area (TPSA) is 55.1 Å². The van der Waals surface area contributed by atoms with E-state index in [0.29, 0.717) is 6.54 Å². The maximum absolute atomic E-state index is 5.97. The van der Waals surface area contributed by atoms with Gasteiger partial charge >= 0.3 is 0 Å². The molecule has 0 aliphatic carbocycles. The van der Waals surface area contributed by atoms with Crippen LogP contribution >= 0.6 is 23.4 Å². The molecule has 0 bridgehead atoms. The van der Waals surface area contributed by atoms with Crippen molar-refractivity contribution >= 4 is 34.8 Å². The number of nitrogens with one attached hydrogen (secondary N) is 1. The molecule has 2 aromatic carbocycles. The van der Waals surface area contributed by atoms with E-state index in [1.165, 1.54) is 5.56 Å². The molecule has 4 rings (SSSR count). The number of hydrogen-bond donors (Lipinski definition) is 1. The minimum Gasteiger partial charge on any atom is -0.378 e. The largest absolute Gasteiger partial charge is 0.378 e. The molecular weight excluding hydrogens is 354 g/mol. The van der Waals surface area contributed by atoms with E-state index in [1.807, 2.05) is 28.9 Å². The van der Waals surface area contributed by atoms with E-state index in [0.717, 1.165) is 38.7 Å². The molecule has 0 atom stereocenters. The zero-order valence-corrected chi connectivity index (χ0v) is 15.2. The first-order valence-corrected chi connectivity index (χ1v) is 9.27. The standard InChI is InChI=1S/C18H16ClN5S/c1-12-2-8-15(9-3-12)20-10-17-21-22-18-24(17)23-16(11-25-18)13-4-6-14(19)7-5-13/h2-9,20H,10-11H2,1H3. The molecule has 0 radical (unpaired) electrons. The highest BCUT2D eigenvalue weighted by molar-refractivity contribution is 7.99. The van der Waals surface area contributed by atoms with Gasteiger partial charge in [0, 0.05) is 16.5 Å². The van der Waals surface area contributed by atoms with Crippen LogP contribution in [0.5, 0.6) is 0 Å². The summed E-state index contributed by atoms with van der Waals surface area (Å²) >= 11 is 7.61. The molecule has 0 fully saturated rings. The van der Waals surface area contributed by atoms with Crippen LogP contribution < -0.4 is 5.32 Å². The molecule has 1 aromatic heterocycles. The molecule has 1 aliphatic rings. The van der Waals surface area contributed by atoms with Gasteiger partial charge in [0.1, 0.15) is 0 Å². The van der Waals surface area contributed by atoms with Crippen LogP contribution in [0.1, 0.15) is 17.0 Å². The number of thioether (sulfide) groups is 1. The lowest BCUT2D eigenvalue weighted by molar-refractivity contribution is 0.716. The first kappa shape index (κ1) is 16.2. The number of hydrogen-bond acceptors (Lipinski definition) is 5. The second-order valence-electron chi connectivity index (χ2n) is 5.77. The zero-order valence-electron chi connectivity index (χ0n) is 13.6. The van der Waals surface area contributed by atoms with E-state index in [9.17, 15) is 0 Å². The minimum atomic E-state index is 0.564. The van der Waals surface area contributed by atoms with E-state index in [4.69, 9.17) is 16.7 Å². The quantitative estimate of drug-likeness (QED) is 0.748. The minimum absolute atomic E-state index is 0.564. The van der Waals surface area contributed by atoms with Crippen molar-refractivity contribution in [3.8, 4) is 0 Å². The molecule has 0 amide bonds. The van der Waals surface area contributed by atoms with Crippen LogP contribution in [0.2, 0.25) is 5.02 Å². The third-order valence-electron chi connectivity index (χ3n) is 3.91. The fourth-order valence-electron chi connectivity index (χ4n) is 2.51. The van der Waals surface area contributed by atoms with Crippen molar-refractivity contribution in [3.63, 3.8) is 0 Å². The van der Waals surface area contributed by atoms with Crippen LogP contribution in [-0.4, -0.2) is 26.3 Å². The number of nitrogens with zero attached hydrogens (tertiary/aromatic N) is 4. The summed E-state index contributed by atoms with van der Waals surface area (Å²) in [5.74, 6) is 1.56. The molecule has 5 nitrogen and oxygen atoms in total. The number of aromatic nitrogens is 3. The van der Waals surface area contributed by atoms with Gasteiger partial charge in [0.25, 0.3) is 0 Å². The lowest BCUT2D eigenvalue weighted by atomic mass is 10.1. The number of rotatable bonds is 4. The lowest BCUT2D eigenvalue weighted by Crippen LogP contribution is -2.15. The molecule has 0 unspecified atom stereocenters. The Morgan fingerprint density at radius 1 is 1.08 bits per heavy atom. The Bertz CT molecular complexity index is 916. The van der Waals surface area contributed by atoms with Crippen molar-refractivity contribution < 1.29 is 0 Å². The average Bonchev–Trinajstić information content (AvgIpc) is 3.04. The molecule has 0 saturated heterocycles. The Balaban J connectivity index is 1.56. The number of aryl methyl sites for hydroxylation is 1. The van der Waals surface area contributed by atoms with Gasteiger partial charge < -0.3 is 5.32 Å². The van der Waals surface area contributed by atoms with Gasteiger partial charge in [-0.05, 0) is 36.8 Å². The van der Waals surface area contributed by atoms with Crippen LogP contribution in [-0.2, 0) is 6.54 Å². The summed E-state index contributed by atoms with van der Waals surface area (Å²) in [6.45, 7) is 2.64. The van der Waals surface area contributed by atoms with Crippen molar-refractivity contribution in [1.29, 1.82) is 0 Å². The van der Waals surface area contributed by atoms with Crippen molar-refractivity contribution in [2.45, 2.75) is 18.6 Å². The van der Waals surface area contributed by atoms with E-state index >= 15 is 0 Å². The number of fused-ring (bicyclic) bond motifs is 1. The average molecular weight is 370 g/mol. The predicted molar refractivity (Wildman–Crippen MR) is 103 cm³/mol. The molecule has 25 heavy (non-hydrogen) atoms. The Hall–Kier alpha value is -2.31. The van der Waals surface area contributed by atoms with Gasteiger partial charge in [0.2, 0.25) is 5.16 Å². The summed E-state index contributed by atoms with van der Waals surface area (Å²) in [6, 6.07) is 16.0. The summed E-state index contributed by atoms with van der Waals surface area (Å²) < 4.78 is 1.82. The molecule has 0 saturated carbocycles. The van der Waals surface area contributed by atoms with E-state index in [2.05, 4.69) is 46.7 Å². The SMILES string of the molecule is Cc1ccc(NCc2nnc3n2N=C(c2ccc(Cl)cc2)CS3)cc1. The summed E-state index contributed by atoms with van der Waals surface area (Å²) in [7, 11) is 0. The van der Waals surface area contributed by atoms with Crippen molar-refractivity contribution in [2.75, 3.05) is 11.1 Å². The van der Waals surface area contributed by atoms with Gasteiger partial charge in [-0.3, -0.25) is 0 Å². The summed E-state index contributed by atoms with van der Waals surface area (Å²) in [5.41, 5.74) is 4.34. The first-order chi connectivity index (χ1) is 12.2. The van der Waals surface area contributed by atoms with Crippen LogP contribution in [0, 0.1) is 6.92 Å². The lowest BCUT2D eigenvalue weighted by Gasteiger charge is -2.14. The second-order valence-corrected chi connectivity index (χ2v) is 7.15. The number of halogens is 1. The highest BCUT2D eigenvalue weighted by atomic mass is 35.5. The van der Waals surface area contributed by atoms with Gasteiger partial charge in [0.15, 0.2) is 5.82 Å². The van der Waals surface area contributed by atoms with E-state index < -0.39 is 0 Å². The maximum Gasteiger partial charge on any atom is 0.212 e. The third-order valence-corrected chi connectivity index (χ3v) is 5.10. The Morgan fingerprint density at radius 3 is 2.60 bits per heavy atom. The van der Waals surface area contributed by atoms with Gasteiger partial charge in [-0.1, -0.05) is 53.2 Å². The van der Waals surface area contributed by atoms with E-state index in [1.54, 1.807) is 11.8 Å². The molecule has 2 heterocycles. The Kier molecular flexibility index (Phi) is 4.46. The first-order valence-electron chi connectivity index (χ1n) is 7.90. The molecule has 3 aromatic rings. The third kappa shape index (κ3) is 3.55. The van der Waals surface area contributed by atoms with Crippen molar-refractivity contribution in [1.82, 2.24) is 14.9 Å². The van der Waals surface area contributed by atoms with Crippen molar-refractivity contribution in [3.05, 3.63) is 70.5 Å². The Morgan fingerprint density at radius 2 is 1.84 bits per heavy atom. The fourth-order valence-corrected chi connectivity index (χ4v) is 3.50. The normalized spacial score (nSPS) is 13.3. The fraction of sp³-hybridized carbons (Fsp3) is 0.167. The smallest absolute Gasteiger partial charge is 0.212 e.